The molecule has 0 aromatic heterocycles. The van der Waals surface area contributed by atoms with E-state index in [9.17, 15) is 9.59 Å². The number of carboxylic acids is 1. The van der Waals surface area contributed by atoms with Gasteiger partial charge in [0.1, 0.15) is 6.04 Å². The molecule has 2 atom stereocenters. The molecule has 1 aliphatic heterocycles. The van der Waals surface area contributed by atoms with E-state index in [2.05, 4.69) is 18.5 Å². The fraction of sp³-hybridized carbons (Fsp3) is 0.556. The molecule has 1 heterocycles. The number of aliphatic carboxylic acids is 1. The molecule has 1 aliphatic rings. The maximum atomic E-state index is 11.4. The van der Waals surface area contributed by atoms with Crippen LogP contribution in [0.4, 0.5) is 0 Å². The molecule has 5 heteroatoms. The average Bonchev–Trinajstić information content (AvgIpc) is 2.48. The normalized spacial score (nSPS) is 23.3. The van der Waals surface area contributed by atoms with Gasteiger partial charge in [-0.25, -0.2) is 4.79 Å². The van der Waals surface area contributed by atoms with Crippen LogP contribution in [0.3, 0.4) is 0 Å². The summed E-state index contributed by atoms with van der Waals surface area (Å²) in [6, 6.07) is -0.857. The lowest BCUT2D eigenvalue weighted by molar-refractivity contribution is -0.147. The van der Waals surface area contributed by atoms with Crippen LogP contribution < -0.4 is 0 Å². The van der Waals surface area contributed by atoms with Gasteiger partial charge in [-0.1, -0.05) is 0 Å². The highest BCUT2D eigenvalue weighted by Gasteiger charge is 2.36. The maximum Gasteiger partial charge on any atom is 0.327 e. The van der Waals surface area contributed by atoms with Gasteiger partial charge in [0, 0.05) is 24.6 Å². The van der Waals surface area contributed by atoms with Gasteiger partial charge in [-0.3, -0.25) is 4.79 Å². The minimum atomic E-state index is -1.04. The predicted octanol–water partition coefficient (Wildman–Crippen LogP) is -0.149. The second kappa shape index (κ2) is 4.38. The smallest absolute Gasteiger partial charge is 0.327 e. The van der Waals surface area contributed by atoms with Crippen LogP contribution in [0, 0.1) is 18.3 Å². The minimum Gasteiger partial charge on any atom is -0.480 e. The summed E-state index contributed by atoms with van der Waals surface area (Å²) in [5.74, 6) is 1.17. The second-order valence-corrected chi connectivity index (χ2v) is 3.52. The number of hydrogen-bond donors (Lipinski definition) is 2. The molecule has 0 aromatic rings. The lowest BCUT2D eigenvalue weighted by atomic mass is 10.1. The first-order valence-corrected chi connectivity index (χ1v) is 4.82. The van der Waals surface area contributed by atoms with Gasteiger partial charge in [-0.05, 0) is 0 Å². The number of rotatable bonds is 3. The summed E-state index contributed by atoms with van der Waals surface area (Å²) in [6.45, 7) is 0.326. The van der Waals surface area contributed by atoms with Gasteiger partial charge in [0.2, 0.25) is 5.91 Å². The van der Waals surface area contributed by atoms with Crippen LogP contribution in [0.2, 0.25) is 0 Å². The third-order valence-corrected chi connectivity index (χ3v) is 2.57. The number of carbonyl (C=O) groups excluding carboxylic acids is 1. The highest BCUT2D eigenvalue weighted by atomic mass is 32.1. The van der Waals surface area contributed by atoms with E-state index in [0.717, 1.165) is 0 Å². The first-order chi connectivity index (χ1) is 6.60. The first kappa shape index (κ1) is 10.9. The first-order valence-electron chi connectivity index (χ1n) is 4.19. The molecule has 1 amide bonds. The predicted molar refractivity (Wildman–Crippen MR) is 53.9 cm³/mol. The number of hydrogen-bond acceptors (Lipinski definition) is 3. The average molecular weight is 213 g/mol. The second-order valence-electron chi connectivity index (χ2n) is 3.15. The van der Waals surface area contributed by atoms with Crippen molar-refractivity contribution in [2.45, 2.75) is 12.5 Å². The van der Waals surface area contributed by atoms with Crippen molar-refractivity contribution in [1.29, 1.82) is 0 Å². The standard InChI is InChI=1S/C9H11NO3S/c1-2-6-3-8(11)10(4-6)7(5-14)9(12)13/h1,6-7,14H,3-5H2,(H,12,13)/t6?,7-/m0/s1. The molecule has 1 rings (SSSR count). The summed E-state index contributed by atoms with van der Waals surface area (Å²) in [4.78, 5) is 23.4. The molecule has 76 valence electrons. The third-order valence-electron chi connectivity index (χ3n) is 2.23. The third kappa shape index (κ3) is 2.02. The van der Waals surface area contributed by atoms with Gasteiger partial charge in [-0.15, -0.1) is 12.3 Å². The van der Waals surface area contributed by atoms with Crippen LogP contribution in [0.5, 0.6) is 0 Å². The molecule has 1 N–H and O–H groups in total. The highest BCUT2D eigenvalue weighted by Crippen LogP contribution is 2.20. The Morgan fingerprint density at radius 2 is 2.50 bits per heavy atom. The van der Waals surface area contributed by atoms with Crippen molar-refractivity contribution >= 4 is 24.5 Å². The Hall–Kier alpha value is -1.15. The van der Waals surface area contributed by atoms with Crippen molar-refractivity contribution in [3.8, 4) is 12.3 Å². The summed E-state index contributed by atoms with van der Waals surface area (Å²) in [6.07, 6.45) is 5.42. The Morgan fingerprint density at radius 3 is 2.86 bits per heavy atom. The molecule has 1 saturated heterocycles. The van der Waals surface area contributed by atoms with Crippen LogP contribution >= 0.6 is 12.6 Å². The lowest BCUT2D eigenvalue weighted by Crippen LogP contribution is -2.43. The van der Waals surface area contributed by atoms with Crippen LogP contribution in [-0.4, -0.2) is 40.2 Å². The Labute approximate surface area is 87.7 Å². The van der Waals surface area contributed by atoms with Gasteiger partial charge in [0.25, 0.3) is 0 Å². The zero-order chi connectivity index (χ0) is 10.7. The largest absolute Gasteiger partial charge is 0.480 e. The summed E-state index contributed by atoms with van der Waals surface area (Å²) in [7, 11) is 0. The molecule has 14 heavy (non-hydrogen) atoms. The lowest BCUT2D eigenvalue weighted by Gasteiger charge is -2.22. The van der Waals surface area contributed by atoms with E-state index in [1.54, 1.807) is 0 Å². The number of thiol groups is 1. The van der Waals surface area contributed by atoms with Crippen LogP contribution in [0.25, 0.3) is 0 Å². The zero-order valence-corrected chi connectivity index (χ0v) is 8.41. The van der Waals surface area contributed by atoms with E-state index < -0.39 is 12.0 Å². The van der Waals surface area contributed by atoms with E-state index in [0.29, 0.717) is 6.54 Å². The van der Waals surface area contributed by atoms with E-state index in [-0.39, 0.29) is 24.0 Å². The molecular weight excluding hydrogens is 202 g/mol. The van der Waals surface area contributed by atoms with Gasteiger partial charge < -0.3 is 10.0 Å². The number of amides is 1. The molecule has 0 bridgehead atoms. The van der Waals surface area contributed by atoms with Crippen molar-refractivity contribution in [2.24, 2.45) is 5.92 Å². The van der Waals surface area contributed by atoms with E-state index >= 15 is 0 Å². The quantitative estimate of drug-likeness (QED) is 0.506. The van der Waals surface area contributed by atoms with Crippen molar-refractivity contribution in [2.75, 3.05) is 12.3 Å². The number of nitrogens with zero attached hydrogens (tertiary/aromatic N) is 1. The van der Waals surface area contributed by atoms with Crippen molar-refractivity contribution in [3.63, 3.8) is 0 Å². The molecule has 0 radical (unpaired) electrons. The topological polar surface area (TPSA) is 57.6 Å². The highest BCUT2D eigenvalue weighted by molar-refractivity contribution is 7.80. The SMILES string of the molecule is C#CC1CC(=O)N([C@@H](CS)C(=O)O)C1. The molecule has 1 unspecified atom stereocenters. The van der Waals surface area contributed by atoms with Gasteiger partial charge in [-0.2, -0.15) is 12.6 Å². The van der Waals surface area contributed by atoms with Crippen LogP contribution in [0.1, 0.15) is 6.42 Å². The molecular formula is C9H11NO3S. The van der Waals surface area contributed by atoms with E-state index in [1.807, 2.05) is 0 Å². The number of terminal acetylenes is 1. The fourth-order valence-corrected chi connectivity index (χ4v) is 1.81. The Balaban J connectivity index is 2.74. The van der Waals surface area contributed by atoms with Gasteiger partial charge >= 0.3 is 5.97 Å². The summed E-state index contributed by atoms with van der Waals surface area (Å²) < 4.78 is 0. The number of carboxylic acid groups (broad SMARTS) is 1. The van der Waals surface area contributed by atoms with Crippen molar-refractivity contribution in [3.05, 3.63) is 0 Å². The van der Waals surface area contributed by atoms with Gasteiger partial charge in [0.05, 0.1) is 0 Å². The Kier molecular flexibility index (Phi) is 3.42. The van der Waals surface area contributed by atoms with Crippen LogP contribution in [-0.2, 0) is 9.59 Å². The number of carbonyl (C=O) groups is 2. The molecule has 0 spiro atoms. The fourth-order valence-electron chi connectivity index (χ4n) is 1.45. The maximum absolute atomic E-state index is 11.4. The monoisotopic (exact) mass is 213 g/mol. The van der Waals surface area contributed by atoms with Crippen molar-refractivity contribution in [1.82, 2.24) is 4.90 Å². The molecule has 0 aromatic carbocycles. The van der Waals surface area contributed by atoms with Gasteiger partial charge in [0.15, 0.2) is 0 Å². The molecule has 4 nitrogen and oxygen atoms in total. The summed E-state index contributed by atoms with van der Waals surface area (Å²) >= 11 is 3.90. The zero-order valence-electron chi connectivity index (χ0n) is 7.51. The molecule has 1 fully saturated rings. The summed E-state index contributed by atoms with van der Waals surface area (Å²) in [5.41, 5.74) is 0. The van der Waals surface area contributed by atoms with Crippen LogP contribution in [0.15, 0.2) is 0 Å². The Bertz CT molecular complexity index is 297. The summed E-state index contributed by atoms with van der Waals surface area (Å²) in [5, 5.41) is 8.82. The molecule has 0 saturated carbocycles. The minimum absolute atomic E-state index is 0.109. The number of likely N-dealkylation sites (tertiary alicyclic amines) is 1. The van der Waals surface area contributed by atoms with Crippen molar-refractivity contribution < 1.29 is 14.7 Å². The van der Waals surface area contributed by atoms with E-state index in [4.69, 9.17) is 11.5 Å². The molecule has 0 aliphatic carbocycles. The van der Waals surface area contributed by atoms with E-state index in [1.165, 1.54) is 4.90 Å². The Morgan fingerprint density at radius 1 is 1.86 bits per heavy atom.